The third kappa shape index (κ3) is 2.91. The lowest BCUT2D eigenvalue weighted by Crippen LogP contribution is -2.19. The maximum absolute atomic E-state index is 11.7. The summed E-state index contributed by atoms with van der Waals surface area (Å²) in [5, 5.41) is 3.82. The van der Waals surface area contributed by atoms with Gasteiger partial charge in [0.15, 0.2) is 17.2 Å². The molecule has 1 atom stereocenters. The van der Waals surface area contributed by atoms with Gasteiger partial charge >= 0.3 is 5.97 Å². The predicted octanol–water partition coefficient (Wildman–Crippen LogP) is 1.68. The van der Waals surface area contributed by atoms with Gasteiger partial charge in [-0.3, -0.25) is 0 Å². The summed E-state index contributed by atoms with van der Waals surface area (Å²) in [5.41, 5.74) is 1.11. The van der Waals surface area contributed by atoms with Crippen molar-refractivity contribution in [1.29, 1.82) is 0 Å². The van der Waals surface area contributed by atoms with Crippen molar-refractivity contribution in [3.8, 4) is 23.0 Å². The van der Waals surface area contributed by atoms with Crippen molar-refractivity contribution < 1.29 is 33.3 Å². The summed E-state index contributed by atoms with van der Waals surface area (Å²) in [4.78, 5) is 17.1. The minimum Gasteiger partial charge on any atom is -0.492 e. The second kappa shape index (κ2) is 6.86. The van der Waals surface area contributed by atoms with Crippen molar-refractivity contribution in [3.05, 3.63) is 11.6 Å². The lowest BCUT2D eigenvalue weighted by Gasteiger charge is -2.16. The average molecular weight is 337 g/mol. The van der Waals surface area contributed by atoms with Crippen molar-refractivity contribution in [2.24, 2.45) is 5.16 Å². The highest BCUT2D eigenvalue weighted by molar-refractivity contribution is 6.36. The highest BCUT2D eigenvalue weighted by atomic mass is 16.7. The fourth-order valence-corrected chi connectivity index (χ4v) is 2.72. The summed E-state index contributed by atoms with van der Waals surface area (Å²) < 4.78 is 26.7. The molecule has 130 valence electrons. The molecule has 24 heavy (non-hydrogen) atoms. The quantitative estimate of drug-likeness (QED) is 0.730. The number of esters is 1. The van der Waals surface area contributed by atoms with E-state index in [2.05, 4.69) is 5.16 Å². The van der Waals surface area contributed by atoms with Gasteiger partial charge in [0.1, 0.15) is 6.10 Å². The van der Waals surface area contributed by atoms with Crippen molar-refractivity contribution in [1.82, 2.24) is 0 Å². The number of benzene rings is 1. The largest absolute Gasteiger partial charge is 0.492 e. The Bertz CT molecular complexity index is 671. The minimum atomic E-state index is -0.449. The number of hydrogen-bond donors (Lipinski definition) is 0. The number of ether oxygens (including phenoxy) is 5. The molecule has 2 heterocycles. The Morgan fingerprint density at radius 3 is 2.79 bits per heavy atom. The van der Waals surface area contributed by atoms with Gasteiger partial charge in [0.05, 0.1) is 20.8 Å². The van der Waals surface area contributed by atoms with E-state index in [9.17, 15) is 4.79 Å². The molecule has 0 aliphatic carbocycles. The number of oxime groups is 1. The zero-order valence-corrected chi connectivity index (χ0v) is 13.8. The number of carbonyl (C=O) groups is 1. The van der Waals surface area contributed by atoms with E-state index in [1.807, 2.05) is 6.07 Å². The molecule has 1 aromatic carbocycles. The number of hydrogen-bond acceptors (Lipinski definition) is 8. The van der Waals surface area contributed by atoms with Gasteiger partial charge in [0, 0.05) is 18.4 Å². The molecular weight excluding hydrogens is 318 g/mol. The minimum absolute atomic E-state index is 0.133. The molecule has 0 fully saturated rings. The lowest BCUT2D eigenvalue weighted by atomic mass is 10.0. The molecule has 0 saturated heterocycles. The first-order valence-corrected chi connectivity index (χ1v) is 7.61. The third-order valence-corrected chi connectivity index (χ3v) is 3.75. The molecule has 0 saturated carbocycles. The Morgan fingerprint density at radius 1 is 1.29 bits per heavy atom. The Hall–Kier alpha value is -2.64. The second-order valence-corrected chi connectivity index (χ2v) is 5.23. The summed E-state index contributed by atoms with van der Waals surface area (Å²) in [6.07, 6.45) is 0.560. The first-order chi connectivity index (χ1) is 11.7. The highest BCUT2D eigenvalue weighted by Crippen LogP contribution is 2.49. The predicted molar refractivity (Wildman–Crippen MR) is 82.9 cm³/mol. The second-order valence-electron chi connectivity index (χ2n) is 5.23. The summed E-state index contributed by atoms with van der Waals surface area (Å²) in [6, 6.07) is 1.83. The fourth-order valence-electron chi connectivity index (χ4n) is 2.72. The van der Waals surface area contributed by atoms with Crippen LogP contribution in [0.1, 0.15) is 18.9 Å². The van der Waals surface area contributed by atoms with Crippen molar-refractivity contribution >= 4 is 11.7 Å². The molecule has 0 N–H and O–H groups in total. The zero-order valence-electron chi connectivity index (χ0n) is 13.8. The number of nitrogens with zero attached hydrogens (tertiary/aromatic N) is 1. The van der Waals surface area contributed by atoms with Gasteiger partial charge in [0.25, 0.3) is 0 Å². The van der Waals surface area contributed by atoms with Gasteiger partial charge in [-0.25, -0.2) is 4.79 Å². The van der Waals surface area contributed by atoms with E-state index >= 15 is 0 Å². The van der Waals surface area contributed by atoms with Crippen LogP contribution in [0.15, 0.2) is 11.2 Å². The fraction of sp³-hybridized carbons (Fsp3) is 0.500. The van der Waals surface area contributed by atoms with Gasteiger partial charge in [-0.05, 0) is 13.0 Å². The van der Waals surface area contributed by atoms with Crippen LogP contribution < -0.4 is 18.9 Å². The van der Waals surface area contributed by atoms with Crippen LogP contribution in [0.3, 0.4) is 0 Å². The number of methoxy groups -OCH3 is 2. The van der Waals surface area contributed by atoms with Crippen LogP contribution in [0, 0.1) is 0 Å². The standard InChI is InChI=1S/C16H19NO7/c1-4-21-16(18)11-7-10(24-17-11)5-9-6-12-14(23-8-22-12)15(20-3)13(9)19-2/h6,10H,4-5,7-8H2,1-3H3/t10-/m0/s1. The van der Waals surface area contributed by atoms with E-state index in [1.54, 1.807) is 14.0 Å². The number of rotatable bonds is 6. The maximum atomic E-state index is 11.7. The third-order valence-electron chi connectivity index (χ3n) is 3.75. The van der Waals surface area contributed by atoms with E-state index in [-0.39, 0.29) is 18.6 Å². The molecule has 2 aliphatic heterocycles. The number of fused-ring (bicyclic) bond motifs is 1. The van der Waals surface area contributed by atoms with Crippen molar-refractivity contribution in [3.63, 3.8) is 0 Å². The molecule has 1 aromatic rings. The van der Waals surface area contributed by atoms with E-state index in [0.717, 1.165) is 5.56 Å². The van der Waals surface area contributed by atoms with E-state index < -0.39 is 5.97 Å². The van der Waals surface area contributed by atoms with Crippen LogP contribution in [-0.2, 0) is 20.8 Å². The Balaban J connectivity index is 1.78. The number of carbonyl (C=O) groups excluding carboxylic acids is 1. The Morgan fingerprint density at radius 2 is 2.08 bits per heavy atom. The smallest absolute Gasteiger partial charge is 0.356 e. The Labute approximate surface area is 139 Å². The van der Waals surface area contributed by atoms with E-state index in [1.165, 1.54) is 7.11 Å². The van der Waals surface area contributed by atoms with E-state index in [4.69, 9.17) is 28.5 Å². The van der Waals surface area contributed by atoms with Crippen molar-refractivity contribution in [2.45, 2.75) is 25.9 Å². The molecule has 0 amide bonds. The maximum Gasteiger partial charge on any atom is 0.356 e. The summed E-state index contributed by atoms with van der Waals surface area (Å²) in [5.74, 6) is 1.69. The Kier molecular flexibility index (Phi) is 4.64. The van der Waals surface area contributed by atoms with Crippen LogP contribution in [0.25, 0.3) is 0 Å². The summed E-state index contributed by atoms with van der Waals surface area (Å²) >= 11 is 0. The van der Waals surface area contributed by atoms with Crippen LogP contribution in [0.4, 0.5) is 0 Å². The zero-order chi connectivity index (χ0) is 17.1. The van der Waals surface area contributed by atoms with Crippen LogP contribution in [0.5, 0.6) is 23.0 Å². The van der Waals surface area contributed by atoms with Gasteiger partial charge < -0.3 is 28.5 Å². The molecule has 8 nitrogen and oxygen atoms in total. The first-order valence-electron chi connectivity index (χ1n) is 7.61. The molecule has 0 unspecified atom stereocenters. The molecule has 0 bridgehead atoms. The lowest BCUT2D eigenvalue weighted by molar-refractivity contribution is -0.135. The van der Waals surface area contributed by atoms with Crippen molar-refractivity contribution in [2.75, 3.05) is 27.6 Å². The topological polar surface area (TPSA) is 84.8 Å². The first kappa shape index (κ1) is 16.2. The highest BCUT2D eigenvalue weighted by Gasteiger charge is 2.31. The van der Waals surface area contributed by atoms with Crippen LogP contribution in [-0.4, -0.2) is 45.4 Å². The summed E-state index contributed by atoms with van der Waals surface area (Å²) in [7, 11) is 3.09. The average Bonchev–Trinajstić information content (AvgIpc) is 3.22. The van der Waals surface area contributed by atoms with Gasteiger partial charge in [-0.1, -0.05) is 5.16 Å². The van der Waals surface area contributed by atoms with Crippen LogP contribution in [0.2, 0.25) is 0 Å². The SMILES string of the molecule is CCOC(=O)C1=NO[C@@H](Cc2cc3c(c(OC)c2OC)OCO3)C1. The van der Waals surface area contributed by atoms with E-state index in [0.29, 0.717) is 42.4 Å². The summed E-state index contributed by atoms with van der Waals surface area (Å²) in [6.45, 7) is 2.18. The van der Waals surface area contributed by atoms with Gasteiger partial charge in [-0.2, -0.15) is 0 Å². The molecule has 0 radical (unpaired) electrons. The van der Waals surface area contributed by atoms with Crippen LogP contribution >= 0.6 is 0 Å². The normalized spacial score (nSPS) is 18.0. The molecule has 2 aliphatic rings. The molecule has 0 spiro atoms. The monoisotopic (exact) mass is 337 g/mol. The van der Waals surface area contributed by atoms with Gasteiger partial charge in [0.2, 0.25) is 18.3 Å². The molecular formula is C16H19NO7. The molecule has 0 aromatic heterocycles. The van der Waals surface area contributed by atoms with Gasteiger partial charge in [-0.15, -0.1) is 0 Å². The molecule has 8 heteroatoms. The molecule has 3 rings (SSSR count).